The van der Waals surface area contributed by atoms with Gasteiger partial charge in [-0.1, -0.05) is 0 Å². The fraction of sp³-hybridized carbons (Fsp3) is 0.889. The van der Waals surface area contributed by atoms with Gasteiger partial charge in [-0.2, -0.15) is 0 Å². The van der Waals surface area contributed by atoms with E-state index in [0.717, 1.165) is 6.26 Å². The molecule has 0 aromatic rings. The number of halogens is 3. The highest BCUT2D eigenvalue weighted by Gasteiger charge is 2.44. The van der Waals surface area contributed by atoms with Gasteiger partial charge in [0.15, 0.2) is 0 Å². The van der Waals surface area contributed by atoms with E-state index in [2.05, 4.69) is 5.32 Å². The smallest absolute Gasteiger partial charge is 0.264 e. The van der Waals surface area contributed by atoms with Gasteiger partial charge in [0.25, 0.3) is 5.92 Å². The van der Waals surface area contributed by atoms with E-state index < -0.39 is 34.0 Å². The van der Waals surface area contributed by atoms with Crippen LogP contribution in [0.1, 0.15) is 12.8 Å². The maximum atomic E-state index is 13.1. The molecule has 1 atom stereocenters. The van der Waals surface area contributed by atoms with E-state index in [-0.39, 0.29) is 37.5 Å². The molecule has 0 spiro atoms. The molecule has 0 aliphatic carbocycles. The largest absolute Gasteiger partial charge is 0.311 e. The lowest BCUT2D eigenvalue weighted by Gasteiger charge is -2.16. The monoisotopic (exact) mass is 291 g/mol. The normalized spacial score (nSPS) is 23.1. The van der Waals surface area contributed by atoms with Gasteiger partial charge in [-0.3, -0.25) is 4.79 Å². The predicted octanol–water partition coefficient (Wildman–Crippen LogP) is 0.657. The van der Waals surface area contributed by atoms with Gasteiger partial charge >= 0.3 is 0 Å². The van der Waals surface area contributed by atoms with Crippen molar-refractivity contribution in [2.45, 2.75) is 18.8 Å². The van der Waals surface area contributed by atoms with Crippen molar-refractivity contribution in [3.63, 3.8) is 0 Å². The SMILES string of the molecule is CS(=O)(=O)CCC(=O)CC1CNCC1(F)F.Cl. The maximum absolute atomic E-state index is 13.1. The highest BCUT2D eigenvalue weighted by molar-refractivity contribution is 7.90. The summed E-state index contributed by atoms with van der Waals surface area (Å²) in [6.07, 6.45) is 0.590. The molecule has 1 aliphatic heterocycles. The van der Waals surface area contributed by atoms with Gasteiger partial charge in [0.1, 0.15) is 15.6 Å². The maximum Gasteiger partial charge on any atom is 0.264 e. The minimum absolute atomic E-state index is 0. The first-order valence-corrected chi connectivity index (χ1v) is 7.05. The van der Waals surface area contributed by atoms with Crippen LogP contribution in [-0.2, 0) is 14.6 Å². The molecule has 1 rings (SSSR count). The molecule has 0 aromatic heterocycles. The Bertz CT molecular complexity index is 372. The van der Waals surface area contributed by atoms with Crippen molar-refractivity contribution in [2.75, 3.05) is 25.1 Å². The summed E-state index contributed by atoms with van der Waals surface area (Å²) in [7, 11) is -3.21. The zero-order valence-electron chi connectivity index (χ0n) is 9.41. The summed E-state index contributed by atoms with van der Waals surface area (Å²) in [4.78, 5) is 11.3. The molecule has 1 aliphatic rings. The average molecular weight is 292 g/mol. The molecule has 1 heterocycles. The number of ketones is 1. The summed E-state index contributed by atoms with van der Waals surface area (Å²) < 4.78 is 47.8. The molecule has 0 radical (unpaired) electrons. The van der Waals surface area contributed by atoms with Crippen LogP contribution in [0.2, 0.25) is 0 Å². The molecule has 1 saturated heterocycles. The Balaban J connectivity index is 0.00000256. The molecule has 4 nitrogen and oxygen atoms in total. The number of sulfone groups is 1. The lowest BCUT2D eigenvalue weighted by molar-refractivity contribution is -0.122. The Kier molecular flexibility index (Phi) is 5.96. The third kappa shape index (κ3) is 5.74. The molecule has 17 heavy (non-hydrogen) atoms. The Morgan fingerprint density at radius 3 is 2.47 bits per heavy atom. The quantitative estimate of drug-likeness (QED) is 0.808. The second kappa shape index (κ2) is 6.06. The summed E-state index contributed by atoms with van der Waals surface area (Å²) in [6.45, 7) is -0.297. The van der Waals surface area contributed by atoms with Gasteiger partial charge in [0, 0.05) is 31.6 Å². The first-order valence-electron chi connectivity index (χ1n) is 4.99. The number of carbonyl (C=O) groups is 1. The molecular weight excluding hydrogens is 276 g/mol. The minimum atomic E-state index is -3.21. The average Bonchev–Trinajstić information content (AvgIpc) is 2.42. The van der Waals surface area contributed by atoms with Crippen molar-refractivity contribution >= 4 is 28.0 Å². The van der Waals surface area contributed by atoms with Crippen LogP contribution in [0.15, 0.2) is 0 Å². The molecule has 0 aromatic carbocycles. The molecule has 1 N–H and O–H groups in total. The summed E-state index contributed by atoms with van der Waals surface area (Å²) >= 11 is 0. The number of rotatable bonds is 5. The lowest BCUT2D eigenvalue weighted by atomic mass is 9.97. The van der Waals surface area contributed by atoms with Gasteiger partial charge in [0.05, 0.1) is 12.3 Å². The highest BCUT2D eigenvalue weighted by atomic mass is 35.5. The van der Waals surface area contributed by atoms with E-state index in [1.54, 1.807) is 0 Å². The summed E-state index contributed by atoms with van der Waals surface area (Å²) in [5.41, 5.74) is 0. The number of hydrogen-bond acceptors (Lipinski definition) is 4. The molecule has 102 valence electrons. The lowest BCUT2D eigenvalue weighted by Crippen LogP contribution is -2.29. The standard InChI is InChI=1S/C9H15F2NO3S.ClH/c1-16(14,15)3-2-8(13)4-7-5-12-6-9(7,10)11;/h7,12H,2-6H2,1H3;1H. The van der Waals surface area contributed by atoms with E-state index >= 15 is 0 Å². The number of nitrogens with one attached hydrogen (secondary N) is 1. The number of carbonyl (C=O) groups excluding carboxylic acids is 1. The molecule has 0 amide bonds. The van der Waals surface area contributed by atoms with Crippen LogP contribution in [0.5, 0.6) is 0 Å². The second-order valence-electron chi connectivity index (χ2n) is 4.21. The summed E-state index contributed by atoms with van der Waals surface area (Å²) in [5, 5.41) is 2.52. The van der Waals surface area contributed by atoms with Crippen molar-refractivity contribution < 1.29 is 22.0 Å². The van der Waals surface area contributed by atoms with Crippen LogP contribution < -0.4 is 5.32 Å². The Morgan fingerprint density at radius 1 is 1.47 bits per heavy atom. The van der Waals surface area contributed by atoms with Gasteiger partial charge in [-0.25, -0.2) is 17.2 Å². The van der Waals surface area contributed by atoms with Crippen molar-refractivity contribution in [1.82, 2.24) is 5.32 Å². The van der Waals surface area contributed by atoms with Crippen molar-refractivity contribution in [1.29, 1.82) is 0 Å². The minimum Gasteiger partial charge on any atom is -0.311 e. The fourth-order valence-corrected chi connectivity index (χ4v) is 2.20. The van der Waals surface area contributed by atoms with Gasteiger partial charge in [-0.05, 0) is 0 Å². The van der Waals surface area contributed by atoms with Gasteiger partial charge < -0.3 is 5.32 Å². The molecule has 0 bridgehead atoms. The van der Waals surface area contributed by atoms with Crippen LogP contribution in [0.3, 0.4) is 0 Å². The number of alkyl halides is 2. The fourth-order valence-electron chi connectivity index (χ4n) is 1.60. The predicted molar refractivity (Wildman–Crippen MR) is 62.5 cm³/mol. The van der Waals surface area contributed by atoms with E-state index in [4.69, 9.17) is 0 Å². The van der Waals surface area contributed by atoms with E-state index in [1.807, 2.05) is 0 Å². The third-order valence-corrected chi connectivity index (χ3v) is 3.52. The zero-order chi connectivity index (χ0) is 12.4. The van der Waals surface area contributed by atoms with E-state index in [0.29, 0.717) is 0 Å². The molecule has 1 fully saturated rings. The third-order valence-electron chi connectivity index (χ3n) is 2.57. The molecular formula is C9H16ClF2NO3S. The number of hydrogen-bond donors (Lipinski definition) is 1. The van der Waals surface area contributed by atoms with Crippen LogP contribution in [-0.4, -0.2) is 45.2 Å². The zero-order valence-corrected chi connectivity index (χ0v) is 11.0. The second-order valence-corrected chi connectivity index (χ2v) is 6.47. The van der Waals surface area contributed by atoms with Crippen LogP contribution in [0.4, 0.5) is 8.78 Å². The molecule has 0 saturated carbocycles. The van der Waals surface area contributed by atoms with Crippen molar-refractivity contribution in [3.8, 4) is 0 Å². The summed E-state index contributed by atoms with van der Waals surface area (Å²) in [5.74, 6) is -4.54. The Morgan fingerprint density at radius 2 is 2.06 bits per heavy atom. The van der Waals surface area contributed by atoms with Gasteiger partial charge in [-0.15, -0.1) is 12.4 Å². The van der Waals surface area contributed by atoms with E-state index in [9.17, 15) is 22.0 Å². The number of Topliss-reactive ketones (excluding diaryl/α,β-unsaturated/α-hetero) is 1. The topological polar surface area (TPSA) is 63.2 Å². The Hall–Kier alpha value is -0.270. The van der Waals surface area contributed by atoms with E-state index in [1.165, 1.54) is 0 Å². The van der Waals surface area contributed by atoms with Crippen LogP contribution >= 0.6 is 12.4 Å². The van der Waals surface area contributed by atoms with Gasteiger partial charge in [0.2, 0.25) is 0 Å². The van der Waals surface area contributed by atoms with Crippen LogP contribution in [0, 0.1) is 5.92 Å². The Labute approximate surface area is 105 Å². The first kappa shape index (κ1) is 16.7. The highest BCUT2D eigenvalue weighted by Crippen LogP contribution is 2.30. The molecule has 8 heteroatoms. The first-order chi connectivity index (χ1) is 7.21. The van der Waals surface area contributed by atoms with Crippen molar-refractivity contribution in [2.24, 2.45) is 5.92 Å². The van der Waals surface area contributed by atoms with Crippen LogP contribution in [0.25, 0.3) is 0 Å². The summed E-state index contributed by atoms with van der Waals surface area (Å²) in [6, 6.07) is 0. The van der Waals surface area contributed by atoms with Crippen molar-refractivity contribution in [3.05, 3.63) is 0 Å². The molecule has 1 unspecified atom stereocenters.